The van der Waals surface area contributed by atoms with Crippen molar-refractivity contribution in [3.8, 4) is 11.5 Å². The number of rotatable bonds is 9. The number of imide groups is 1. The number of fused-ring (bicyclic) bond motifs is 1. The topological polar surface area (TPSA) is 94.5 Å². The number of amides is 2. The number of aliphatic hydroxyl groups excluding tert-OH is 1. The van der Waals surface area contributed by atoms with Crippen LogP contribution in [0.25, 0.3) is 0 Å². The predicted octanol–water partition coefficient (Wildman–Crippen LogP) is 4.19. The molecular weight excluding hydrogens is 498 g/mol. The molecule has 1 fully saturated rings. The summed E-state index contributed by atoms with van der Waals surface area (Å²) in [6.07, 6.45) is -2.19. The van der Waals surface area contributed by atoms with Crippen LogP contribution in [0.4, 0.5) is 4.79 Å². The summed E-state index contributed by atoms with van der Waals surface area (Å²) in [6, 6.07) is 20.4. The van der Waals surface area contributed by atoms with Crippen molar-refractivity contribution in [2.75, 3.05) is 20.8 Å². The minimum atomic E-state index is -1.39. The van der Waals surface area contributed by atoms with Gasteiger partial charge in [-0.1, -0.05) is 54.6 Å². The smallest absolute Gasteiger partial charge is 0.417 e. The average Bonchev–Trinajstić information content (AvgIpc) is 3.54. The highest BCUT2D eigenvalue weighted by Crippen LogP contribution is 2.36. The third kappa shape index (κ3) is 5.48. The van der Waals surface area contributed by atoms with Gasteiger partial charge in [-0.05, 0) is 60.6 Å². The largest absolute Gasteiger partial charge is 0.496 e. The quantitative estimate of drug-likeness (QED) is 0.443. The Balaban J connectivity index is 1.47. The molecular formula is C31H33NO7. The molecule has 1 aliphatic heterocycles. The molecule has 1 aliphatic carbocycles. The van der Waals surface area contributed by atoms with E-state index < -0.39 is 30.3 Å². The summed E-state index contributed by atoms with van der Waals surface area (Å²) >= 11 is 0. The fourth-order valence-corrected chi connectivity index (χ4v) is 5.45. The molecule has 0 unspecified atom stereocenters. The van der Waals surface area contributed by atoms with E-state index in [1.54, 1.807) is 12.1 Å². The molecule has 0 radical (unpaired) electrons. The molecule has 1 N–H and O–H groups in total. The standard InChI is InChI=1S/C31H33NO7/c1-19-26(36-2)16-23(17-27(19)37-3)28(33)29(39-25-14-21-11-7-8-12-22(21)15-25)30(34)32-24(18-38-31(32)35)13-20-9-5-4-6-10-20/h4-12,16-17,24-25,28-29,33H,13-15,18H2,1-3H3/t24-,28+,29-/m1/s1. The van der Waals surface area contributed by atoms with Gasteiger partial charge in [0.25, 0.3) is 5.91 Å². The summed E-state index contributed by atoms with van der Waals surface area (Å²) in [4.78, 5) is 28.0. The van der Waals surface area contributed by atoms with E-state index in [0.717, 1.165) is 27.2 Å². The van der Waals surface area contributed by atoms with Gasteiger partial charge in [-0.25, -0.2) is 9.69 Å². The number of carbonyl (C=O) groups excluding carboxylic acids is 2. The van der Waals surface area contributed by atoms with Crippen molar-refractivity contribution in [2.24, 2.45) is 0 Å². The van der Waals surface area contributed by atoms with Crippen molar-refractivity contribution in [3.63, 3.8) is 0 Å². The zero-order valence-corrected chi connectivity index (χ0v) is 22.3. The third-order valence-corrected chi connectivity index (χ3v) is 7.51. The molecule has 5 rings (SSSR count). The van der Waals surface area contributed by atoms with Gasteiger partial charge in [0.05, 0.1) is 26.4 Å². The van der Waals surface area contributed by atoms with Crippen LogP contribution in [0.5, 0.6) is 11.5 Å². The normalized spacial score (nSPS) is 18.4. The summed E-state index contributed by atoms with van der Waals surface area (Å²) in [5.74, 6) is 0.371. The van der Waals surface area contributed by atoms with Crippen LogP contribution in [0.2, 0.25) is 0 Å². The van der Waals surface area contributed by atoms with Crippen molar-refractivity contribution < 1.29 is 33.6 Å². The van der Waals surface area contributed by atoms with Gasteiger partial charge in [0.1, 0.15) is 24.2 Å². The molecule has 3 atom stereocenters. The highest BCUT2D eigenvalue weighted by atomic mass is 16.6. The second-order valence-corrected chi connectivity index (χ2v) is 9.98. The Kier molecular flexibility index (Phi) is 7.86. The number of hydrogen-bond acceptors (Lipinski definition) is 7. The van der Waals surface area contributed by atoms with Crippen molar-refractivity contribution in [1.82, 2.24) is 4.90 Å². The Bertz CT molecular complexity index is 1290. The average molecular weight is 532 g/mol. The summed E-state index contributed by atoms with van der Waals surface area (Å²) in [5.41, 5.74) is 4.40. The number of methoxy groups -OCH3 is 2. The second-order valence-electron chi connectivity index (χ2n) is 9.98. The lowest BCUT2D eigenvalue weighted by Gasteiger charge is -2.30. The van der Waals surface area contributed by atoms with Gasteiger partial charge in [-0.15, -0.1) is 0 Å². The number of aliphatic hydroxyl groups is 1. The van der Waals surface area contributed by atoms with E-state index in [1.165, 1.54) is 14.2 Å². The Morgan fingerprint density at radius 2 is 1.59 bits per heavy atom. The summed E-state index contributed by atoms with van der Waals surface area (Å²) in [5, 5.41) is 11.6. The maximum atomic E-state index is 14.1. The van der Waals surface area contributed by atoms with Crippen molar-refractivity contribution in [1.29, 1.82) is 0 Å². The van der Waals surface area contributed by atoms with E-state index in [1.807, 2.05) is 61.5 Å². The molecule has 204 valence electrons. The number of hydrogen-bond donors (Lipinski definition) is 1. The van der Waals surface area contributed by atoms with E-state index in [4.69, 9.17) is 18.9 Å². The van der Waals surface area contributed by atoms with E-state index in [2.05, 4.69) is 0 Å². The second kappa shape index (κ2) is 11.5. The molecule has 0 bridgehead atoms. The first-order valence-electron chi connectivity index (χ1n) is 13.1. The first-order chi connectivity index (χ1) is 18.9. The van der Waals surface area contributed by atoms with Crippen molar-refractivity contribution >= 4 is 12.0 Å². The fourth-order valence-electron chi connectivity index (χ4n) is 5.45. The molecule has 8 nitrogen and oxygen atoms in total. The van der Waals surface area contributed by atoms with Crippen LogP contribution in [-0.4, -0.2) is 61.1 Å². The summed E-state index contributed by atoms with van der Waals surface area (Å²) < 4.78 is 22.7. The van der Waals surface area contributed by atoms with Crippen molar-refractivity contribution in [2.45, 2.75) is 50.5 Å². The van der Waals surface area contributed by atoms with E-state index in [-0.39, 0.29) is 12.7 Å². The van der Waals surface area contributed by atoms with Gasteiger partial charge in [-0.3, -0.25) is 4.79 Å². The number of carbonyl (C=O) groups is 2. The lowest BCUT2D eigenvalue weighted by atomic mass is 9.99. The van der Waals surface area contributed by atoms with Crippen LogP contribution in [0, 0.1) is 6.92 Å². The third-order valence-electron chi connectivity index (χ3n) is 7.51. The number of nitrogens with zero attached hydrogens (tertiary/aromatic N) is 1. The molecule has 3 aromatic carbocycles. The monoisotopic (exact) mass is 531 g/mol. The summed E-state index contributed by atoms with van der Waals surface area (Å²) in [7, 11) is 3.06. The van der Waals surface area contributed by atoms with Gasteiger partial charge in [0.2, 0.25) is 0 Å². The number of cyclic esters (lactones) is 1. The predicted molar refractivity (Wildman–Crippen MR) is 144 cm³/mol. The Hall–Kier alpha value is -3.88. The molecule has 39 heavy (non-hydrogen) atoms. The zero-order chi connectivity index (χ0) is 27.5. The van der Waals surface area contributed by atoms with Gasteiger partial charge < -0.3 is 24.1 Å². The molecule has 0 aromatic heterocycles. The number of ether oxygens (including phenoxy) is 4. The Morgan fingerprint density at radius 1 is 1.00 bits per heavy atom. The molecule has 0 saturated carbocycles. The Labute approximate surface area is 228 Å². The van der Waals surface area contributed by atoms with Crippen LogP contribution in [-0.2, 0) is 33.5 Å². The van der Waals surface area contributed by atoms with Gasteiger partial charge in [-0.2, -0.15) is 0 Å². The molecule has 8 heteroatoms. The summed E-state index contributed by atoms with van der Waals surface area (Å²) in [6.45, 7) is 1.92. The minimum Gasteiger partial charge on any atom is -0.496 e. The SMILES string of the molecule is COc1cc([C@H](O)[C@@H](OC2Cc3ccccc3C2)C(=O)N2C(=O)OC[C@H]2Cc2ccccc2)cc(OC)c1C. The van der Waals surface area contributed by atoms with Crippen LogP contribution < -0.4 is 9.47 Å². The van der Waals surface area contributed by atoms with Crippen LogP contribution in [0.1, 0.15) is 33.9 Å². The zero-order valence-electron chi connectivity index (χ0n) is 22.3. The maximum Gasteiger partial charge on any atom is 0.417 e. The molecule has 2 amide bonds. The first-order valence-corrected chi connectivity index (χ1v) is 13.1. The minimum absolute atomic E-state index is 0.0727. The molecule has 2 aliphatic rings. The molecule has 1 heterocycles. The van der Waals surface area contributed by atoms with Crippen LogP contribution in [0.15, 0.2) is 66.7 Å². The van der Waals surface area contributed by atoms with Gasteiger partial charge >= 0.3 is 6.09 Å². The molecule has 1 saturated heterocycles. The van der Waals surface area contributed by atoms with E-state index >= 15 is 0 Å². The first kappa shape index (κ1) is 26.7. The van der Waals surface area contributed by atoms with Gasteiger partial charge in [0.15, 0.2) is 6.10 Å². The highest BCUT2D eigenvalue weighted by Gasteiger charge is 2.45. The molecule has 3 aromatic rings. The van der Waals surface area contributed by atoms with Gasteiger partial charge in [0, 0.05) is 5.56 Å². The Morgan fingerprint density at radius 3 is 2.18 bits per heavy atom. The maximum absolute atomic E-state index is 14.1. The molecule has 0 spiro atoms. The van der Waals surface area contributed by atoms with Crippen LogP contribution >= 0.6 is 0 Å². The lowest BCUT2D eigenvalue weighted by Crippen LogP contribution is -2.49. The van der Waals surface area contributed by atoms with E-state index in [0.29, 0.717) is 36.3 Å². The van der Waals surface area contributed by atoms with Crippen molar-refractivity contribution in [3.05, 3.63) is 94.5 Å². The fraction of sp³-hybridized carbons (Fsp3) is 0.355. The highest BCUT2D eigenvalue weighted by molar-refractivity contribution is 5.96. The van der Waals surface area contributed by atoms with E-state index in [9.17, 15) is 14.7 Å². The number of benzene rings is 3. The lowest BCUT2D eigenvalue weighted by molar-refractivity contribution is -0.155. The van der Waals surface area contributed by atoms with Crippen LogP contribution in [0.3, 0.4) is 0 Å².